The van der Waals surface area contributed by atoms with E-state index in [-0.39, 0.29) is 37.1 Å². The highest BCUT2D eigenvalue weighted by Crippen LogP contribution is 2.75. The number of ether oxygens (including phenoxy) is 10. The van der Waals surface area contributed by atoms with Crippen LogP contribution in [0.15, 0.2) is 11.6 Å². The van der Waals surface area contributed by atoms with Crippen molar-refractivity contribution in [3.63, 3.8) is 0 Å². The van der Waals surface area contributed by atoms with Crippen molar-refractivity contribution in [1.29, 1.82) is 0 Å². The van der Waals surface area contributed by atoms with Crippen LogP contribution in [0.25, 0.3) is 0 Å². The summed E-state index contributed by atoms with van der Waals surface area (Å²) in [5, 5.41) is 175. The zero-order valence-electron chi connectivity index (χ0n) is 49.7. The minimum atomic E-state index is -1.93. The zero-order valence-corrected chi connectivity index (χ0v) is 49.7. The highest BCUT2D eigenvalue weighted by Gasteiger charge is 2.73. The van der Waals surface area contributed by atoms with Gasteiger partial charge in [0.15, 0.2) is 31.5 Å². The van der Waals surface area contributed by atoms with E-state index in [2.05, 4.69) is 27.7 Å². The van der Waals surface area contributed by atoms with E-state index in [0.29, 0.717) is 38.5 Å². The number of aliphatic hydroxyl groups is 16. The standard InChI is InChI=1S/C58H96O27/c1-23(2)15-25(79-51-45(74)41(70)38(67)30(18-59)80-51)16-57(8,75)35-26-9-10-33-55(6)13-12-34(54(4,5)32(55)11-14-56(33,7)58(26,22-61)17-27(35)62)82-52-48(85-50-44(73)40(69)36(65)24(3)78-50)46(29(64)21-77-52)83-53-47(42(71)39(68)31(19-60)81-53)84-49-43(72)37(66)28(63)20-76-49/h15,24-26,28-53,59-61,63-75H,9-14,16-22H2,1-8H3/t24-,25+,26-,28?,29+,30-,31-,32+,33-,34+,35-,36+,37?,38-,39-,40+,41+,42+,43?,44-,45-,46+,47-,48-,49?,50-,51-,52+,53+,55+,56-,57+,58+/m1/s1. The van der Waals surface area contributed by atoms with Gasteiger partial charge in [-0.15, -0.1) is 0 Å². The van der Waals surface area contributed by atoms with Gasteiger partial charge in [-0.05, 0) is 100 Å². The van der Waals surface area contributed by atoms with E-state index < -0.39 is 219 Å². The largest absolute Gasteiger partial charge is 0.396 e. The van der Waals surface area contributed by atoms with Crippen molar-refractivity contribution in [2.24, 2.45) is 45.3 Å². The smallest absolute Gasteiger partial charge is 0.187 e. The zero-order chi connectivity index (χ0) is 62.4. The van der Waals surface area contributed by atoms with Crippen molar-refractivity contribution in [2.75, 3.05) is 33.0 Å². The van der Waals surface area contributed by atoms with Gasteiger partial charge in [0.1, 0.15) is 110 Å². The Balaban J connectivity index is 0.960. The van der Waals surface area contributed by atoms with Crippen LogP contribution in [0.5, 0.6) is 0 Å². The number of Topliss-reactive ketones (excluding diaryl/α,β-unsaturated/α-hetero) is 1. The first-order valence-electron chi connectivity index (χ1n) is 30.2. The number of aliphatic hydroxyl groups excluding tert-OH is 15. The van der Waals surface area contributed by atoms with Gasteiger partial charge < -0.3 is 129 Å². The lowest BCUT2D eigenvalue weighted by atomic mass is 9.35. The average Bonchev–Trinajstić information content (AvgIpc) is 1.67. The van der Waals surface area contributed by atoms with Crippen LogP contribution in [0.1, 0.15) is 107 Å². The molecule has 9 aliphatic rings. The number of carbonyl (C=O) groups excluding carboxylic acids is 1. The molecule has 490 valence electrons. The molecule has 0 amide bonds. The average molecular weight is 1230 g/mol. The number of carbonyl (C=O) groups is 1. The lowest BCUT2D eigenvalue weighted by Crippen LogP contribution is -2.67. The first-order valence-corrected chi connectivity index (χ1v) is 30.2. The van der Waals surface area contributed by atoms with Gasteiger partial charge in [-0.2, -0.15) is 0 Å². The predicted octanol–water partition coefficient (Wildman–Crippen LogP) is -3.92. The summed E-state index contributed by atoms with van der Waals surface area (Å²) in [6.07, 6.45) is -34.3. The first kappa shape index (κ1) is 67.8. The minimum absolute atomic E-state index is 0.0188. The van der Waals surface area contributed by atoms with E-state index in [4.69, 9.17) is 47.4 Å². The molecule has 0 aromatic heterocycles. The molecule has 0 radical (unpaired) electrons. The summed E-state index contributed by atoms with van der Waals surface area (Å²) < 4.78 is 61.2. The summed E-state index contributed by atoms with van der Waals surface area (Å²) in [6, 6.07) is 0. The van der Waals surface area contributed by atoms with Crippen molar-refractivity contribution in [3.05, 3.63) is 11.6 Å². The third-order valence-electron chi connectivity index (χ3n) is 21.7. The topological polar surface area (TPSA) is 433 Å². The van der Waals surface area contributed by atoms with Crippen LogP contribution >= 0.6 is 0 Å². The van der Waals surface area contributed by atoms with E-state index in [9.17, 15) is 86.5 Å². The van der Waals surface area contributed by atoms with Gasteiger partial charge in [0.05, 0.1) is 50.3 Å². The van der Waals surface area contributed by atoms with E-state index in [0.717, 1.165) is 5.57 Å². The van der Waals surface area contributed by atoms with Crippen LogP contribution in [-0.4, -0.2) is 280 Å². The Bertz CT molecular complexity index is 2290. The van der Waals surface area contributed by atoms with Crippen LogP contribution in [0.4, 0.5) is 0 Å². The summed E-state index contributed by atoms with van der Waals surface area (Å²) in [6.45, 7) is 12.5. The third kappa shape index (κ3) is 12.1. The van der Waals surface area contributed by atoms with Crippen molar-refractivity contribution in [1.82, 2.24) is 0 Å². The molecule has 4 aliphatic carbocycles. The maximum Gasteiger partial charge on any atom is 0.187 e. The second kappa shape index (κ2) is 25.8. The summed E-state index contributed by atoms with van der Waals surface area (Å²) in [5.41, 5.74) is -3.58. The Morgan fingerprint density at radius 2 is 1.19 bits per heavy atom. The molecule has 5 heterocycles. The molecule has 0 bridgehead atoms. The van der Waals surface area contributed by atoms with Crippen molar-refractivity contribution < 1.29 is 134 Å². The quantitative estimate of drug-likeness (QED) is 0.0489. The second-order valence-corrected chi connectivity index (χ2v) is 27.6. The number of hydrogen-bond donors (Lipinski definition) is 16. The molecular weight excluding hydrogens is 1130 g/mol. The minimum Gasteiger partial charge on any atom is -0.396 e. The van der Waals surface area contributed by atoms with Crippen LogP contribution in [0.3, 0.4) is 0 Å². The first-order chi connectivity index (χ1) is 39.8. The maximum absolute atomic E-state index is 14.8. The molecule has 4 unspecified atom stereocenters. The van der Waals surface area contributed by atoms with Crippen LogP contribution < -0.4 is 0 Å². The normalized spacial score (nSPS) is 52.1. The number of rotatable bonds is 17. The van der Waals surface area contributed by atoms with Crippen LogP contribution in [-0.2, 0) is 52.2 Å². The van der Waals surface area contributed by atoms with E-state index in [1.165, 1.54) is 6.92 Å². The van der Waals surface area contributed by atoms with E-state index >= 15 is 0 Å². The predicted molar refractivity (Wildman–Crippen MR) is 287 cm³/mol. The van der Waals surface area contributed by atoms with Crippen molar-refractivity contribution in [2.45, 2.75) is 266 Å². The SMILES string of the molecule is CC(C)=C[C@@H](C[C@](C)(O)[C@H]1C(=O)C[C@]2(CO)[C@@H]1CC[C@@H]1[C@@]3(C)CC[C@H](O[C@@H]4OC[C@H](O)[C@H](O[C@@H]5O[C@H](CO)[C@@H](O)[C@H](O)[C@H]5OC5OCC(O)C(O)C5O)[C@H]4O[C@H]4O[C@H](C)[C@H](O)[C@H](O)[C@H]4O)C(C)(C)[C@@H]3CC[C@]12C)O[C@@H]1O[C@H](CO)[C@@H](O)[C@H](O)[C@H]1O. The number of fused-ring (bicyclic) bond motifs is 5. The second-order valence-electron chi connectivity index (χ2n) is 27.6. The van der Waals surface area contributed by atoms with Gasteiger partial charge in [-0.1, -0.05) is 39.3 Å². The van der Waals surface area contributed by atoms with Crippen LogP contribution in [0, 0.1) is 45.3 Å². The molecule has 85 heavy (non-hydrogen) atoms. The highest BCUT2D eigenvalue weighted by atomic mass is 16.8. The fourth-order valence-corrected chi connectivity index (χ4v) is 17.2. The molecule has 5 saturated heterocycles. The summed E-state index contributed by atoms with van der Waals surface area (Å²) >= 11 is 0. The molecular formula is C58H96O27. The fraction of sp³-hybridized carbons (Fsp3) is 0.948. The number of allylic oxidation sites excluding steroid dienone is 1. The summed E-state index contributed by atoms with van der Waals surface area (Å²) in [7, 11) is 0. The molecule has 4 saturated carbocycles. The van der Waals surface area contributed by atoms with Gasteiger partial charge in [0.2, 0.25) is 0 Å². The van der Waals surface area contributed by atoms with Gasteiger partial charge in [0.25, 0.3) is 0 Å². The molecule has 0 aromatic rings. The number of hydrogen-bond acceptors (Lipinski definition) is 27. The third-order valence-corrected chi connectivity index (χ3v) is 21.7. The Morgan fingerprint density at radius 1 is 0.612 bits per heavy atom. The molecule has 33 atom stereocenters. The lowest BCUT2D eigenvalue weighted by Gasteiger charge is -2.70. The monoisotopic (exact) mass is 1220 g/mol. The van der Waals surface area contributed by atoms with Gasteiger partial charge in [-0.25, -0.2) is 0 Å². The molecule has 27 nitrogen and oxygen atoms in total. The molecule has 9 fully saturated rings. The van der Waals surface area contributed by atoms with E-state index in [1.54, 1.807) is 13.0 Å². The summed E-state index contributed by atoms with van der Waals surface area (Å²) in [4.78, 5) is 14.8. The van der Waals surface area contributed by atoms with Gasteiger partial charge >= 0.3 is 0 Å². The number of ketones is 1. The Hall–Kier alpha value is -1.63. The summed E-state index contributed by atoms with van der Waals surface area (Å²) in [5.74, 6) is -1.66. The lowest BCUT2D eigenvalue weighted by molar-refractivity contribution is -0.398. The highest BCUT2D eigenvalue weighted by molar-refractivity contribution is 5.86. The molecule has 0 spiro atoms. The van der Waals surface area contributed by atoms with Crippen molar-refractivity contribution >= 4 is 5.78 Å². The van der Waals surface area contributed by atoms with Gasteiger partial charge in [0, 0.05) is 30.8 Å². The van der Waals surface area contributed by atoms with Crippen molar-refractivity contribution in [3.8, 4) is 0 Å². The molecule has 16 N–H and O–H groups in total. The molecule has 0 aromatic carbocycles. The Kier molecular flexibility index (Phi) is 20.6. The Labute approximate surface area is 494 Å². The maximum atomic E-state index is 14.8. The molecule has 5 aliphatic heterocycles. The molecule has 27 heteroatoms. The molecule has 9 rings (SSSR count). The van der Waals surface area contributed by atoms with Crippen LogP contribution in [0.2, 0.25) is 0 Å². The van der Waals surface area contributed by atoms with Gasteiger partial charge in [-0.3, -0.25) is 4.79 Å². The fourth-order valence-electron chi connectivity index (χ4n) is 17.2. The Morgan fingerprint density at radius 3 is 1.84 bits per heavy atom. The van der Waals surface area contributed by atoms with E-state index in [1.807, 2.05) is 13.8 Å².